The highest BCUT2D eigenvalue weighted by atomic mass is 31.2. The lowest BCUT2D eigenvalue weighted by molar-refractivity contribution is -0.139. The number of ether oxygens (including phenoxy) is 1. The van der Waals surface area contributed by atoms with E-state index in [4.69, 9.17) is 4.74 Å². The largest absolute Gasteiger partial charge is 0.479 e. The molecule has 0 saturated heterocycles. The summed E-state index contributed by atoms with van der Waals surface area (Å²) in [5.41, 5.74) is 4.77. The fourth-order valence-corrected chi connectivity index (χ4v) is 4.94. The van der Waals surface area contributed by atoms with Crippen molar-refractivity contribution < 1.29 is 24.0 Å². The highest BCUT2D eigenvalue weighted by Gasteiger charge is 2.30. The van der Waals surface area contributed by atoms with Gasteiger partial charge in [-0.1, -0.05) is 72.8 Å². The number of carboxylic acid groups (broad SMARTS) is 1. The van der Waals surface area contributed by atoms with E-state index in [9.17, 15) is 19.3 Å². The quantitative estimate of drug-likeness (QED) is 0.537. The summed E-state index contributed by atoms with van der Waals surface area (Å²) in [5, 5.41) is 12.7. The third-order valence-corrected chi connectivity index (χ3v) is 7.24. The van der Waals surface area contributed by atoms with Crippen molar-refractivity contribution in [3.05, 3.63) is 89.5 Å². The maximum absolute atomic E-state index is 12.5. The van der Waals surface area contributed by atoms with E-state index in [-0.39, 0.29) is 12.5 Å². The van der Waals surface area contributed by atoms with Crippen molar-refractivity contribution in [3.63, 3.8) is 0 Å². The molecule has 0 bridgehead atoms. The highest BCUT2D eigenvalue weighted by molar-refractivity contribution is 7.70. The zero-order chi connectivity index (χ0) is 22.9. The Bertz CT molecular complexity index is 1170. The van der Waals surface area contributed by atoms with Gasteiger partial charge in [-0.05, 0) is 41.1 Å². The van der Waals surface area contributed by atoms with Crippen LogP contribution < -0.4 is 10.6 Å². The van der Waals surface area contributed by atoms with Crippen molar-refractivity contribution in [2.75, 3.05) is 19.9 Å². The average Bonchev–Trinajstić information content (AvgIpc) is 3.09. The van der Waals surface area contributed by atoms with Gasteiger partial charge < -0.3 is 19.7 Å². The molecule has 0 aliphatic heterocycles. The Morgan fingerprint density at radius 3 is 1.97 bits per heavy atom. The molecule has 6 nitrogen and oxygen atoms in total. The van der Waals surface area contributed by atoms with Gasteiger partial charge in [0.05, 0.1) is 0 Å². The molecule has 1 aliphatic rings. The average molecular weight is 449 g/mol. The Labute approximate surface area is 186 Å². The fourth-order valence-electron chi connectivity index (χ4n) is 4.07. The minimum absolute atomic E-state index is 0.0972. The number of amides is 1. The molecule has 1 aliphatic carbocycles. The number of carbonyl (C=O) groups excluding carboxylic acids is 1. The maximum atomic E-state index is 12.5. The molecular weight excluding hydrogens is 425 g/mol. The minimum atomic E-state index is -2.46. The number of hydrogen-bond donors (Lipinski definition) is 2. The first-order valence-corrected chi connectivity index (χ1v) is 12.9. The second kappa shape index (κ2) is 8.64. The predicted octanol–water partition coefficient (Wildman–Crippen LogP) is 4.60. The number of fused-ring (bicyclic) bond motifs is 3. The first-order chi connectivity index (χ1) is 15.3. The predicted molar refractivity (Wildman–Crippen MR) is 124 cm³/mol. The van der Waals surface area contributed by atoms with Crippen molar-refractivity contribution in [2.24, 2.45) is 0 Å². The summed E-state index contributed by atoms with van der Waals surface area (Å²) in [5.74, 6) is -1.32. The third-order valence-electron chi connectivity index (χ3n) is 5.70. The SMILES string of the molecule is CP(C)(=O)c1ccc(C(NC(=O)OCC2c3ccccc3-c3ccccc32)C(=O)O)cc1. The smallest absolute Gasteiger partial charge is 0.408 e. The summed E-state index contributed by atoms with van der Waals surface area (Å²) in [4.78, 5) is 24.3. The van der Waals surface area contributed by atoms with Gasteiger partial charge >= 0.3 is 12.1 Å². The Kier molecular flexibility index (Phi) is 5.90. The summed E-state index contributed by atoms with van der Waals surface area (Å²) in [7, 11) is -2.46. The molecule has 2 N–H and O–H groups in total. The van der Waals surface area contributed by atoms with E-state index in [1.54, 1.807) is 37.6 Å². The molecule has 4 rings (SSSR count). The summed E-state index contributed by atoms with van der Waals surface area (Å²) in [6.45, 7) is 3.39. The van der Waals surface area contributed by atoms with Gasteiger partial charge in [-0.2, -0.15) is 0 Å². The van der Waals surface area contributed by atoms with Crippen LogP contribution in [0.4, 0.5) is 4.79 Å². The lowest BCUT2D eigenvalue weighted by Gasteiger charge is -2.18. The molecule has 0 spiro atoms. The molecule has 1 atom stereocenters. The normalized spacial score (nSPS) is 13.7. The van der Waals surface area contributed by atoms with Gasteiger partial charge in [0.1, 0.15) is 13.7 Å². The summed E-state index contributed by atoms with van der Waals surface area (Å²) < 4.78 is 17.7. The zero-order valence-electron chi connectivity index (χ0n) is 17.8. The van der Waals surface area contributed by atoms with Crippen LogP contribution in [-0.2, 0) is 14.1 Å². The second-order valence-corrected chi connectivity index (χ2v) is 11.4. The zero-order valence-corrected chi connectivity index (χ0v) is 18.7. The third kappa shape index (κ3) is 4.32. The minimum Gasteiger partial charge on any atom is -0.479 e. The molecular formula is C25H24NO5P. The number of carbonyl (C=O) groups is 2. The molecule has 0 fully saturated rings. The Morgan fingerprint density at radius 1 is 0.938 bits per heavy atom. The monoisotopic (exact) mass is 449 g/mol. The molecule has 164 valence electrons. The van der Waals surface area contributed by atoms with Crippen molar-refractivity contribution in [1.82, 2.24) is 5.32 Å². The molecule has 0 aromatic heterocycles. The topological polar surface area (TPSA) is 92.7 Å². The first-order valence-electron chi connectivity index (χ1n) is 10.3. The van der Waals surface area contributed by atoms with E-state index < -0.39 is 25.2 Å². The van der Waals surface area contributed by atoms with Crippen molar-refractivity contribution in [3.8, 4) is 11.1 Å². The van der Waals surface area contributed by atoms with Crippen LogP contribution in [0, 0.1) is 0 Å². The van der Waals surface area contributed by atoms with Gasteiger partial charge in [0, 0.05) is 11.2 Å². The maximum Gasteiger partial charge on any atom is 0.408 e. The molecule has 3 aromatic rings. The molecule has 3 aromatic carbocycles. The van der Waals surface area contributed by atoms with E-state index in [1.807, 2.05) is 48.5 Å². The summed E-state index contributed by atoms with van der Waals surface area (Å²) in [6.07, 6.45) is -0.806. The van der Waals surface area contributed by atoms with E-state index in [0.717, 1.165) is 22.3 Å². The number of benzene rings is 3. The number of carboxylic acids is 1. The molecule has 1 unspecified atom stereocenters. The van der Waals surface area contributed by atoms with Gasteiger partial charge in [-0.15, -0.1) is 0 Å². The van der Waals surface area contributed by atoms with Crippen LogP contribution in [0.5, 0.6) is 0 Å². The van der Waals surface area contributed by atoms with E-state index >= 15 is 0 Å². The van der Waals surface area contributed by atoms with Crippen LogP contribution in [0.1, 0.15) is 28.7 Å². The second-order valence-electron chi connectivity index (χ2n) is 8.18. The van der Waals surface area contributed by atoms with Gasteiger partial charge in [0.2, 0.25) is 0 Å². The fraction of sp³-hybridized carbons (Fsp3) is 0.200. The Hall–Kier alpha value is -3.37. The molecule has 32 heavy (non-hydrogen) atoms. The lowest BCUT2D eigenvalue weighted by Crippen LogP contribution is -2.35. The van der Waals surface area contributed by atoms with E-state index in [2.05, 4.69) is 5.32 Å². The van der Waals surface area contributed by atoms with Crippen LogP contribution in [-0.4, -0.2) is 37.1 Å². The Balaban J connectivity index is 1.47. The number of aliphatic carboxylic acids is 1. The molecule has 0 saturated carbocycles. The summed E-state index contributed by atoms with van der Waals surface area (Å²) in [6, 6.07) is 21.1. The molecule has 0 heterocycles. The van der Waals surface area contributed by atoms with Gasteiger partial charge in [0.25, 0.3) is 0 Å². The number of rotatable bonds is 6. The van der Waals surface area contributed by atoms with Crippen molar-refractivity contribution >= 4 is 24.5 Å². The standard InChI is InChI=1S/C25H24NO5P/c1-32(2,30)17-13-11-16(12-14-17)23(24(27)28)26-25(29)31-15-22-20-9-5-3-7-18(20)19-8-4-6-10-21(19)22/h3-14,22-23H,15H2,1-2H3,(H,26,29)(H,27,28). The van der Waals surface area contributed by atoms with E-state index in [0.29, 0.717) is 10.9 Å². The van der Waals surface area contributed by atoms with Gasteiger partial charge in [-0.25, -0.2) is 9.59 Å². The lowest BCUT2D eigenvalue weighted by atomic mass is 9.98. The van der Waals surface area contributed by atoms with Crippen LogP contribution >= 0.6 is 7.14 Å². The number of nitrogens with one attached hydrogen (secondary N) is 1. The van der Waals surface area contributed by atoms with Gasteiger partial charge in [-0.3, -0.25) is 0 Å². The van der Waals surface area contributed by atoms with Crippen LogP contribution in [0.25, 0.3) is 11.1 Å². The first kappa shape index (κ1) is 21.8. The van der Waals surface area contributed by atoms with Crippen LogP contribution in [0.2, 0.25) is 0 Å². The van der Waals surface area contributed by atoms with Crippen molar-refractivity contribution in [1.29, 1.82) is 0 Å². The number of alkyl carbamates (subject to hydrolysis) is 1. The number of hydrogen-bond acceptors (Lipinski definition) is 4. The van der Waals surface area contributed by atoms with Gasteiger partial charge in [0.15, 0.2) is 6.04 Å². The van der Waals surface area contributed by atoms with Crippen LogP contribution in [0.3, 0.4) is 0 Å². The molecule has 1 amide bonds. The summed E-state index contributed by atoms with van der Waals surface area (Å²) >= 11 is 0. The van der Waals surface area contributed by atoms with Crippen LogP contribution in [0.15, 0.2) is 72.8 Å². The molecule has 0 radical (unpaired) electrons. The van der Waals surface area contributed by atoms with E-state index in [1.165, 1.54) is 0 Å². The van der Waals surface area contributed by atoms with Crippen molar-refractivity contribution in [2.45, 2.75) is 12.0 Å². The highest BCUT2D eigenvalue weighted by Crippen LogP contribution is 2.44. The molecule has 7 heteroatoms. The Morgan fingerprint density at radius 2 is 1.47 bits per heavy atom.